The lowest BCUT2D eigenvalue weighted by atomic mass is 9.86. The summed E-state index contributed by atoms with van der Waals surface area (Å²) < 4.78 is 0. The van der Waals surface area contributed by atoms with E-state index in [1.165, 1.54) is 59.6 Å². The van der Waals surface area contributed by atoms with Gasteiger partial charge in [0, 0.05) is 29.1 Å². The zero-order chi connectivity index (χ0) is 29.0. The summed E-state index contributed by atoms with van der Waals surface area (Å²) in [6.07, 6.45) is 4.00. The number of nitrogens with zero attached hydrogens (tertiary/aromatic N) is 2. The van der Waals surface area contributed by atoms with Crippen LogP contribution in [0.3, 0.4) is 0 Å². The van der Waals surface area contributed by atoms with Gasteiger partial charge in [0.25, 0.3) is 0 Å². The number of fused-ring (bicyclic) bond motifs is 7. The van der Waals surface area contributed by atoms with Crippen molar-refractivity contribution < 1.29 is 0 Å². The largest absolute Gasteiger partial charge is 0.236 e. The Morgan fingerprint density at radius 2 is 0.795 bits per heavy atom. The predicted octanol–water partition coefficient (Wildman–Crippen LogP) is 11.2. The molecular formula is C42H26N2. The van der Waals surface area contributed by atoms with Gasteiger partial charge in [0.05, 0.1) is 0 Å². The summed E-state index contributed by atoms with van der Waals surface area (Å²) in [5, 5.41) is 12.2. The van der Waals surface area contributed by atoms with Crippen molar-refractivity contribution in [1.82, 2.24) is 9.97 Å². The van der Waals surface area contributed by atoms with Gasteiger partial charge >= 0.3 is 0 Å². The molecule has 9 aromatic rings. The second-order valence-electron chi connectivity index (χ2n) is 11.4. The van der Waals surface area contributed by atoms with Crippen molar-refractivity contribution in [3.05, 3.63) is 158 Å². The first kappa shape index (κ1) is 24.7. The zero-order valence-electron chi connectivity index (χ0n) is 23.9. The third-order valence-electron chi connectivity index (χ3n) is 8.94. The van der Waals surface area contributed by atoms with Gasteiger partial charge < -0.3 is 0 Å². The molecule has 0 amide bonds. The van der Waals surface area contributed by atoms with Crippen LogP contribution in [0.25, 0.3) is 87.5 Å². The SMILES string of the molecule is c1ccc(-c2c3ccccc3c(-c3cnc(-c4cc5c6ccccc6ccc5c5ccccc45)nc3)c3ccccc23)cc1. The quantitative estimate of drug-likeness (QED) is 0.159. The maximum absolute atomic E-state index is 5.05. The highest BCUT2D eigenvalue weighted by Gasteiger charge is 2.18. The van der Waals surface area contributed by atoms with Crippen molar-refractivity contribution in [2.75, 3.05) is 0 Å². The van der Waals surface area contributed by atoms with Gasteiger partial charge in [-0.25, -0.2) is 9.97 Å². The average molecular weight is 559 g/mol. The van der Waals surface area contributed by atoms with Gasteiger partial charge in [-0.1, -0.05) is 140 Å². The van der Waals surface area contributed by atoms with Gasteiger partial charge in [0.15, 0.2) is 5.82 Å². The molecule has 0 aliphatic rings. The second-order valence-corrected chi connectivity index (χ2v) is 11.4. The summed E-state index contributed by atoms with van der Waals surface area (Å²) >= 11 is 0. The highest BCUT2D eigenvalue weighted by atomic mass is 14.9. The van der Waals surface area contributed by atoms with Crippen LogP contribution in [0.1, 0.15) is 0 Å². The van der Waals surface area contributed by atoms with Gasteiger partial charge in [-0.15, -0.1) is 0 Å². The van der Waals surface area contributed by atoms with Crippen LogP contribution in [0.2, 0.25) is 0 Å². The molecule has 0 aliphatic carbocycles. The van der Waals surface area contributed by atoms with E-state index in [0.717, 1.165) is 27.9 Å². The molecule has 0 saturated carbocycles. The van der Waals surface area contributed by atoms with Crippen molar-refractivity contribution in [3.63, 3.8) is 0 Å². The standard InChI is InChI=1S/C42H26N2/c1-2-13-28(14-3-1)40-34-18-8-10-20-36(34)41(37-21-11-9-19-35(37)40)29-25-43-42(44-26-29)39-24-38-30-15-5-4-12-27(30)22-23-33(38)31-16-6-7-17-32(31)39/h1-26H. The molecule has 1 heterocycles. The average Bonchev–Trinajstić information content (AvgIpc) is 3.10. The molecule has 204 valence electrons. The summed E-state index contributed by atoms with van der Waals surface area (Å²) in [6.45, 7) is 0. The lowest BCUT2D eigenvalue weighted by molar-refractivity contribution is 1.19. The zero-order valence-corrected chi connectivity index (χ0v) is 23.9. The van der Waals surface area contributed by atoms with Crippen molar-refractivity contribution >= 4 is 53.9 Å². The van der Waals surface area contributed by atoms with E-state index in [4.69, 9.17) is 9.97 Å². The van der Waals surface area contributed by atoms with Crippen molar-refractivity contribution in [2.24, 2.45) is 0 Å². The van der Waals surface area contributed by atoms with Crippen molar-refractivity contribution in [3.8, 4) is 33.6 Å². The molecule has 2 heteroatoms. The number of hydrogen-bond donors (Lipinski definition) is 0. The fourth-order valence-corrected chi connectivity index (χ4v) is 7.00. The lowest BCUT2D eigenvalue weighted by Gasteiger charge is -2.17. The number of benzene rings is 8. The predicted molar refractivity (Wildman–Crippen MR) is 186 cm³/mol. The van der Waals surface area contributed by atoms with E-state index in [-0.39, 0.29) is 0 Å². The maximum Gasteiger partial charge on any atom is 0.159 e. The summed E-state index contributed by atoms with van der Waals surface area (Å²) in [7, 11) is 0. The highest BCUT2D eigenvalue weighted by molar-refractivity contribution is 6.22. The summed E-state index contributed by atoms with van der Waals surface area (Å²) in [4.78, 5) is 10.1. The van der Waals surface area contributed by atoms with Crippen LogP contribution in [0.15, 0.2) is 158 Å². The third kappa shape index (κ3) is 3.75. The van der Waals surface area contributed by atoms with Crippen molar-refractivity contribution in [1.29, 1.82) is 0 Å². The van der Waals surface area contributed by atoms with Crippen LogP contribution >= 0.6 is 0 Å². The topological polar surface area (TPSA) is 25.8 Å². The molecular weight excluding hydrogens is 532 g/mol. The Balaban J connectivity index is 1.28. The van der Waals surface area contributed by atoms with E-state index in [2.05, 4.69) is 146 Å². The fourth-order valence-electron chi connectivity index (χ4n) is 7.00. The van der Waals surface area contributed by atoms with Crippen LogP contribution in [0, 0.1) is 0 Å². The van der Waals surface area contributed by atoms with E-state index in [1.54, 1.807) is 0 Å². The molecule has 0 saturated heterocycles. The van der Waals surface area contributed by atoms with Crippen LogP contribution in [0.4, 0.5) is 0 Å². The van der Waals surface area contributed by atoms with Gasteiger partial charge in [-0.3, -0.25) is 0 Å². The van der Waals surface area contributed by atoms with E-state index < -0.39 is 0 Å². The molecule has 0 bridgehead atoms. The van der Waals surface area contributed by atoms with Gasteiger partial charge in [-0.2, -0.15) is 0 Å². The molecule has 44 heavy (non-hydrogen) atoms. The first-order valence-electron chi connectivity index (χ1n) is 15.0. The smallest absolute Gasteiger partial charge is 0.159 e. The molecule has 0 atom stereocenters. The number of rotatable bonds is 3. The summed E-state index contributed by atoms with van der Waals surface area (Å²) in [5.41, 5.74) is 5.69. The van der Waals surface area contributed by atoms with Gasteiger partial charge in [-0.05, 0) is 71.1 Å². The number of hydrogen-bond acceptors (Lipinski definition) is 2. The maximum atomic E-state index is 5.05. The first-order chi connectivity index (χ1) is 21.8. The monoisotopic (exact) mass is 558 g/mol. The van der Waals surface area contributed by atoms with Crippen LogP contribution in [-0.4, -0.2) is 9.97 Å². The minimum Gasteiger partial charge on any atom is -0.236 e. The summed E-state index contributed by atoms with van der Waals surface area (Å²) in [5.74, 6) is 0.731. The highest BCUT2D eigenvalue weighted by Crippen LogP contribution is 2.43. The van der Waals surface area contributed by atoms with E-state index >= 15 is 0 Å². The van der Waals surface area contributed by atoms with E-state index in [0.29, 0.717) is 0 Å². The molecule has 9 rings (SSSR count). The molecule has 8 aromatic carbocycles. The molecule has 0 N–H and O–H groups in total. The molecule has 0 fully saturated rings. The van der Waals surface area contributed by atoms with Crippen LogP contribution in [0.5, 0.6) is 0 Å². The first-order valence-corrected chi connectivity index (χ1v) is 15.0. The van der Waals surface area contributed by atoms with Gasteiger partial charge in [0.2, 0.25) is 0 Å². The molecule has 0 aliphatic heterocycles. The van der Waals surface area contributed by atoms with Gasteiger partial charge in [0.1, 0.15) is 0 Å². The molecule has 0 radical (unpaired) electrons. The molecule has 1 aromatic heterocycles. The van der Waals surface area contributed by atoms with E-state index in [9.17, 15) is 0 Å². The second kappa shape index (κ2) is 9.86. The molecule has 0 unspecified atom stereocenters. The van der Waals surface area contributed by atoms with Crippen LogP contribution < -0.4 is 0 Å². The Kier molecular flexibility index (Phi) is 5.54. The van der Waals surface area contributed by atoms with Crippen LogP contribution in [-0.2, 0) is 0 Å². The molecule has 0 spiro atoms. The Hall–Kier alpha value is -5.86. The Morgan fingerprint density at radius 1 is 0.318 bits per heavy atom. The summed E-state index contributed by atoms with van der Waals surface area (Å²) in [6, 6.07) is 52.0. The third-order valence-corrected chi connectivity index (χ3v) is 8.94. The Morgan fingerprint density at radius 3 is 1.43 bits per heavy atom. The molecule has 2 nitrogen and oxygen atoms in total. The Labute approximate surface area is 254 Å². The fraction of sp³-hybridized carbons (Fsp3) is 0. The normalized spacial score (nSPS) is 11.6. The van der Waals surface area contributed by atoms with Crippen molar-refractivity contribution in [2.45, 2.75) is 0 Å². The Bertz CT molecular complexity index is 2470. The van der Waals surface area contributed by atoms with E-state index in [1.807, 2.05) is 12.4 Å². The number of aromatic nitrogens is 2. The minimum absolute atomic E-state index is 0.731. The lowest BCUT2D eigenvalue weighted by Crippen LogP contribution is -1.94. The minimum atomic E-state index is 0.731.